The van der Waals surface area contributed by atoms with Crippen molar-refractivity contribution in [3.63, 3.8) is 0 Å². The Morgan fingerprint density at radius 1 is 1.45 bits per heavy atom. The molecule has 1 saturated heterocycles. The lowest BCUT2D eigenvalue weighted by molar-refractivity contribution is -0.147. The van der Waals surface area contributed by atoms with Crippen molar-refractivity contribution in [2.45, 2.75) is 13.3 Å². The van der Waals surface area contributed by atoms with Crippen molar-refractivity contribution in [2.24, 2.45) is 5.41 Å². The summed E-state index contributed by atoms with van der Waals surface area (Å²) in [6.45, 7) is 2.16. The number of likely N-dealkylation sites (tertiary alicyclic amines) is 1. The minimum absolute atomic E-state index is 0.139. The molecule has 2 rings (SSSR count). The first-order valence-corrected chi connectivity index (χ1v) is 6.69. The van der Waals surface area contributed by atoms with E-state index in [1.165, 1.54) is 4.90 Å². The maximum absolute atomic E-state index is 12.0. The summed E-state index contributed by atoms with van der Waals surface area (Å²) >= 11 is 5.93. The molecule has 1 aromatic carbocycles. The molecule has 5 nitrogen and oxygen atoms in total. The third-order valence-corrected chi connectivity index (χ3v) is 3.84. The second-order valence-electron chi connectivity index (χ2n) is 5.15. The van der Waals surface area contributed by atoms with Crippen LogP contribution in [0.3, 0.4) is 0 Å². The first-order valence-electron chi connectivity index (χ1n) is 6.31. The van der Waals surface area contributed by atoms with E-state index in [1.807, 2.05) is 0 Å². The number of amides is 1. The van der Waals surface area contributed by atoms with Crippen LogP contribution in [-0.4, -0.2) is 41.6 Å². The fourth-order valence-corrected chi connectivity index (χ4v) is 2.33. The molecular weight excluding hydrogens is 282 g/mol. The highest BCUT2D eigenvalue weighted by molar-refractivity contribution is 6.32. The zero-order valence-corrected chi connectivity index (χ0v) is 11.9. The predicted molar refractivity (Wildman–Crippen MR) is 73.9 cm³/mol. The Kier molecular flexibility index (Phi) is 4.18. The summed E-state index contributed by atoms with van der Waals surface area (Å²) in [6.07, 6.45) is 0.458. The molecule has 1 aliphatic rings. The molecule has 0 radical (unpaired) electrons. The van der Waals surface area contributed by atoms with E-state index in [-0.39, 0.29) is 19.1 Å². The largest absolute Gasteiger partial charge is 0.482 e. The number of carboxylic acid groups (broad SMARTS) is 1. The van der Waals surface area contributed by atoms with Crippen LogP contribution in [0.2, 0.25) is 5.02 Å². The van der Waals surface area contributed by atoms with E-state index in [0.717, 1.165) is 0 Å². The molecule has 1 N–H and O–H groups in total. The second-order valence-corrected chi connectivity index (χ2v) is 5.56. The van der Waals surface area contributed by atoms with Crippen molar-refractivity contribution in [3.8, 4) is 5.75 Å². The highest BCUT2D eigenvalue weighted by Crippen LogP contribution is 2.30. The standard InChI is InChI=1S/C14H16ClNO4/c1-14(13(18)19)6-7-16(9-14)12(17)8-20-11-5-3-2-4-10(11)15/h2-5H,6-9H2,1H3,(H,18,19)/t14-/m0/s1. The summed E-state index contributed by atoms with van der Waals surface area (Å²) in [4.78, 5) is 24.7. The van der Waals surface area contributed by atoms with Crippen LogP contribution in [0.1, 0.15) is 13.3 Å². The second kappa shape index (κ2) is 5.71. The molecule has 0 saturated carbocycles. The van der Waals surface area contributed by atoms with Crippen molar-refractivity contribution in [1.82, 2.24) is 4.90 Å². The lowest BCUT2D eigenvalue weighted by atomic mass is 9.90. The van der Waals surface area contributed by atoms with Gasteiger partial charge in [-0.05, 0) is 25.5 Å². The number of para-hydroxylation sites is 1. The van der Waals surface area contributed by atoms with E-state index in [1.54, 1.807) is 31.2 Å². The Labute approximate surface area is 122 Å². The first kappa shape index (κ1) is 14.7. The summed E-state index contributed by atoms with van der Waals surface area (Å²) in [5, 5.41) is 9.57. The lowest BCUT2D eigenvalue weighted by Gasteiger charge is -2.20. The Hall–Kier alpha value is -1.75. The van der Waals surface area contributed by atoms with Crippen LogP contribution in [0.4, 0.5) is 0 Å². The third-order valence-electron chi connectivity index (χ3n) is 3.53. The fraction of sp³-hybridized carbons (Fsp3) is 0.429. The van der Waals surface area contributed by atoms with Gasteiger partial charge in [-0.15, -0.1) is 0 Å². The molecule has 1 heterocycles. The van der Waals surface area contributed by atoms with E-state index >= 15 is 0 Å². The maximum Gasteiger partial charge on any atom is 0.311 e. The Balaban J connectivity index is 1.91. The number of ether oxygens (including phenoxy) is 1. The molecule has 6 heteroatoms. The number of rotatable bonds is 4. The summed E-state index contributed by atoms with van der Waals surface area (Å²) < 4.78 is 5.37. The van der Waals surface area contributed by atoms with Gasteiger partial charge in [-0.3, -0.25) is 9.59 Å². The number of nitrogens with zero attached hydrogens (tertiary/aromatic N) is 1. The molecule has 1 atom stereocenters. The van der Waals surface area contributed by atoms with Gasteiger partial charge in [0.15, 0.2) is 6.61 Å². The number of carbonyl (C=O) groups is 2. The van der Waals surface area contributed by atoms with Gasteiger partial charge in [-0.1, -0.05) is 23.7 Å². The van der Waals surface area contributed by atoms with Crippen molar-refractivity contribution < 1.29 is 19.4 Å². The number of carboxylic acids is 1. The van der Waals surface area contributed by atoms with Gasteiger partial charge in [0.05, 0.1) is 10.4 Å². The average molecular weight is 298 g/mol. The number of halogens is 1. The highest BCUT2D eigenvalue weighted by Gasteiger charge is 2.42. The van der Waals surface area contributed by atoms with Gasteiger partial charge in [0.25, 0.3) is 5.91 Å². The molecule has 108 valence electrons. The SMILES string of the molecule is C[C@]1(C(=O)O)CCN(C(=O)COc2ccccc2Cl)C1. The number of hydrogen-bond donors (Lipinski definition) is 1. The van der Waals surface area contributed by atoms with E-state index in [2.05, 4.69) is 0 Å². The zero-order chi connectivity index (χ0) is 14.8. The highest BCUT2D eigenvalue weighted by atomic mass is 35.5. The summed E-state index contributed by atoms with van der Waals surface area (Å²) in [7, 11) is 0. The van der Waals surface area contributed by atoms with E-state index < -0.39 is 11.4 Å². The Morgan fingerprint density at radius 3 is 2.75 bits per heavy atom. The van der Waals surface area contributed by atoms with E-state index in [0.29, 0.717) is 23.7 Å². The molecule has 1 amide bonds. The van der Waals surface area contributed by atoms with Crippen molar-refractivity contribution in [2.75, 3.05) is 19.7 Å². The molecule has 0 spiro atoms. The molecule has 20 heavy (non-hydrogen) atoms. The van der Waals surface area contributed by atoms with E-state index in [9.17, 15) is 9.59 Å². The van der Waals surface area contributed by atoms with Crippen molar-refractivity contribution >= 4 is 23.5 Å². The molecule has 0 bridgehead atoms. The maximum atomic E-state index is 12.0. The van der Waals surface area contributed by atoms with Crippen LogP contribution in [0.15, 0.2) is 24.3 Å². The summed E-state index contributed by atoms with van der Waals surface area (Å²) in [5.41, 5.74) is -0.861. The molecule has 0 aromatic heterocycles. The predicted octanol–water partition coefficient (Wildman–Crippen LogP) is 2.04. The minimum atomic E-state index is -0.875. The van der Waals surface area contributed by atoms with Gasteiger partial charge < -0.3 is 14.7 Å². The molecule has 1 aliphatic heterocycles. The Morgan fingerprint density at radius 2 is 2.15 bits per heavy atom. The third kappa shape index (κ3) is 3.04. The van der Waals surface area contributed by atoms with Crippen LogP contribution in [0.25, 0.3) is 0 Å². The Bertz CT molecular complexity index is 534. The minimum Gasteiger partial charge on any atom is -0.482 e. The quantitative estimate of drug-likeness (QED) is 0.923. The fourth-order valence-electron chi connectivity index (χ4n) is 2.14. The molecule has 0 unspecified atom stereocenters. The number of aliphatic carboxylic acids is 1. The number of hydrogen-bond acceptors (Lipinski definition) is 3. The first-order chi connectivity index (χ1) is 9.42. The van der Waals surface area contributed by atoms with Crippen molar-refractivity contribution in [3.05, 3.63) is 29.3 Å². The molecular formula is C14H16ClNO4. The number of benzene rings is 1. The van der Waals surface area contributed by atoms with Gasteiger partial charge in [0.2, 0.25) is 0 Å². The topological polar surface area (TPSA) is 66.8 Å². The number of carbonyl (C=O) groups excluding carboxylic acids is 1. The smallest absolute Gasteiger partial charge is 0.311 e. The molecule has 1 fully saturated rings. The van der Waals surface area contributed by atoms with Crippen LogP contribution >= 0.6 is 11.6 Å². The van der Waals surface area contributed by atoms with Gasteiger partial charge >= 0.3 is 5.97 Å². The summed E-state index contributed by atoms with van der Waals surface area (Å²) in [5.74, 6) is -0.655. The van der Waals surface area contributed by atoms with Crippen LogP contribution < -0.4 is 4.74 Å². The zero-order valence-electron chi connectivity index (χ0n) is 11.1. The van der Waals surface area contributed by atoms with Crippen molar-refractivity contribution in [1.29, 1.82) is 0 Å². The van der Waals surface area contributed by atoms with Gasteiger partial charge in [-0.25, -0.2) is 0 Å². The van der Waals surface area contributed by atoms with Gasteiger partial charge in [-0.2, -0.15) is 0 Å². The molecule has 0 aliphatic carbocycles. The lowest BCUT2D eigenvalue weighted by Crippen LogP contribution is -2.37. The van der Waals surface area contributed by atoms with Crippen LogP contribution in [-0.2, 0) is 9.59 Å². The molecule has 1 aromatic rings. The normalized spacial score (nSPS) is 21.8. The average Bonchev–Trinajstić information content (AvgIpc) is 2.82. The monoisotopic (exact) mass is 297 g/mol. The van der Waals surface area contributed by atoms with Gasteiger partial charge in [0, 0.05) is 13.1 Å². The van der Waals surface area contributed by atoms with Crippen LogP contribution in [0.5, 0.6) is 5.75 Å². The van der Waals surface area contributed by atoms with Crippen LogP contribution in [0, 0.1) is 5.41 Å². The summed E-state index contributed by atoms with van der Waals surface area (Å²) in [6, 6.07) is 6.90. The van der Waals surface area contributed by atoms with Gasteiger partial charge in [0.1, 0.15) is 5.75 Å². The van der Waals surface area contributed by atoms with E-state index in [4.69, 9.17) is 21.4 Å².